The van der Waals surface area contributed by atoms with Crippen molar-refractivity contribution in [1.29, 1.82) is 0 Å². The van der Waals surface area contributed by atoms with E-state index in [1.165, 1.54) is 0 Å². The molecule has 0 radical (unpaired) electrons. The molecule has 1 fully saturated rings. The van der Waals surface area contributed by atoms with Crippen molar-refractivity contribution in [3.63, 3.8) is 0 Å². The Hall–Kier alpha value is -2.64. The molecule has 1 aliphatic rings. The van der Waals surface area contributed by atoms with E-state index in [2.05, 4.69) is 47.7 Å². The van der Waals surface area contributed by atoms with Gasteiger partial charge < -0.3 is 15.4 Å². The van der Waals surface area contributed by atoms with Crippen molar-refractivity contribution in [2.75, 3.05) is 5.32 Å². The summed E-state index contributed by atoms with van der Waals surface area (Å²) in [6.07, 6.45) is 5.50. The molecule has 0 saturated heterocycles. The molecule has 158 valence electrons. The van der Waals surface area contributed by atoms with Gasteiger partial charge in [0.15, 0.2) is 0 Å². The summed E-state index contributed by atoms with van der Waals surface area (Å²) in [6, 6.07) is 3.97. The highest BCUT2D eigenvalue weighted by atomic mass is 16.6. The molecule has 29 heavy (non-hydrogen) atoms. The fourth-order valence-corrected chi connectivity index (χ4v) is 3.51. The van der Waals surface area contributed by atoms with Gasteiger partial charge >= 0.3 is 6.09 Å². The van der Waals surface area contributed by atoms with Gasteiger partial charge in [-0.05, 0) is 66.9 Å². The van der Waals surface area contributed by atoms with E-state index >= 15 is 0 Å². The third-order valence-electron chi connectivity index (χ3n) is 4.77. The first-order valence-electron chi connectivity index (χ1n) is 10.1. The van der Waals surface area contributed by atoms with Gasteiger partial charge in [-0.15, -0.1) is 0 Å². The highest BCUT2D eigenvalue weighted by Crippen LogP contribution is 2.37. The minimum atomic E-state index is -0.351. The second kappa shape index (κ2) is 8.00. The number of aromatic nitrogens is 4. The fourth-order valence-electron chi connectivity index (χ4n) is 3.51. The van der Waals surface area contributed by atoms with Crippen LogP contribution in [0.5, 0.6) is 0 Å². The van der Waals surface area contributed by atoms with Crippen molar-refractivity contribution < 1.29 is 9.53 Å². The van der Waals surface area contributed by atoms with Gasteiger partial charge in [0.2, 0.25) is 0 Å². The van der Waals surface area contributed by atoms with E-state index in [0.29, 0.717) is 0 Å². The Balaban J connectivity index is 1.72. The summed E-state index contributed by atoms with van der Waals surface area (Å²) in [4.78, 5) is 12.1. The monoisotopic (exact) mass is 400 g/mol. The summed E-state index contributed by atoms with van der Waals surface area (Å²) in [5.74, 6) is 1.18. The summed E-state index contributed by atoms with van der Waals surface area (Å²) in [7, 11) is 0. The molecule has 0 bridgehead atoms. The second-order valence-electron chi connectivity index (χ2n) is 9.71. The molecule has 2 atom stereocenters. The minimum Gasteiger partial charge on any atom is -0.446 e. The van der Waals surface area contributed by atoms with Crippen LogP contribution in [0, 0.1) is 0 Å². The number of rotatable bonds is 4. The Labute approximate surface area is 172 Å². The number of carbonyl (C=O) groups excluding carboxylic acids is 1. The molecule has 2 aromatic rings. The van der Waals surface area contributed by atoms with Crippen LogP contribution < -0.4 is 10.6 Å². The maximum absolute atomic E-state index is 12.1. The Bertz CT molecular complexity index is 835. The van der Waals surface area contributed by atoms with Crippen LogP contribution in [0.3, 0.4) is 0 Å². The lowest BCUT2D eigenvalue weighted by atomic mass is 10.0. The van der Waals surface area contributed by atoms with Crippen LogP contribution in [0.2, 0.25) is 0 Å². The quantitative estimate of drug-likeness (QED) is 0.793. The molecule has 2 aromatic heterocycles. The van der Waals surface area contributed by atoms with Crippen LogP contribution in [-0.4, -0.2) is 37.7 Å². The first kappa shape index (κ1) is 21.1. The van der Waals surface area contributed by atoms with Crippen molar-refractivity contribution in [3.8, 4) is 0 Å². The second-order valence-corrected chi connectivity index (χ2v) is 9.71. The summed E-state index contributed by atoms with van der Waals surface area (Å²) in [5, 5.41) is 18.9. The van der Waals surface area contributed by atoms with E-state index in [1.807, 2.05) is 31.5 Å². The summed E-state index contributed by atoms with van der Waals surface area (Å²) < 4.78 is 7.63. The molecule has 0 spiro atoms. The number of anilines is 2. The lowest BCUT2D eigenvalue weighted by molar-refractivity contribution is 0.0936. The van der Waals surface area contributed by atoms with Crippen LogP contribution in [-0.2, 0) is 10.3 Å². The zero-order valence-electron chi connectivity index (χ0n) is 18.2. The minimum absolute atomic E-state index is 0.0806. The Morgan fingerprint density at radius 3 is 2.55 bits per heavy atom. The lowest BCUT2D eigenvalue weighted by Gasteiger charge is -2.22. The zero-order valence-corrected chi connectivity index (χ0v) is 18.2. The van der Waals surface area contributed by atoms with Crippen molar-refractivity contribution in [1.82, 2.24) is 25.3 Å². The van der Waals surface area contributed by atoms with Gasteiger partial charge in [0.25, 0.3) is 0 Å². The smallest absolute Gasteiger partial charge is 0.407 e. The van der Waals surface area contributed by atoms with Crippen LogP contribution in [0.25, 0.3) is 0 Å². The predicted molar refractivity (Wildman–Crippen MR) is 112 cm³/mol. The Morgan fingerprint density at radius 1 is 1.17 bits per heavy atom. The fraction of sp³-hybridized carbons (Fsp3) is 0.619. The largest absolute Gasteiger partial charge is 0.446 e. The van der Waals surface area contributed by atoms with Crippen molar-refractivity contribution in [2.45, 2.75) is 83.9 Å². The molecule has 1 amide bonds. The maximum Gasteiger partial charge on any atom is 0.407 e. The van der Waals surface area contributed by atoms with E-state index in [-0.39, 0.29) is 29.2 Å². The normalized spacial score (nSPS) is 19.8. The standard InChI is InChI=1S/C21H32N6O2/c1-20(2,3)25-19(28)29-16-8-7-14(11-16)17-12-18(27(26-17)21(4,5)6)24-15-9-10-22-23-13-15/h9-10,12-14,16H,7-8,11H2,1-6H3,(H,22,24)(H,25,28)/t14-,16+/m0/s1. The number of amides is 1. The first-order valence-corrected chi connectivity index (χ1v) is 10.1. The summed E-state index contributed by atoms with van der Waals surface area (Å²) in [6.45, 7) is 12.2. The molecule has 8 heteroatoms. The molecule has 1 saturated carbocycles. The van der Waals surface area contributed by atoms with Crippen LogP contribution in [0.4, 0.5) is 16.3 Å². The Kier molecular flexibility index (Phi) is 5.82. The topological polar surface area (TPSA) is 94.0 Å². The van der Waals surface area contributed by atoms with Gasteiger partial charge in [-0.3, -0.25) is 0 Å². The number of ether oxygens (including phenoxy) is 1. The van der Waals surface area contributed by atoms with E-state index < -0.39 is 0 Å². The highest BCUT2D eigenvalue weighted by Gasteiger charge is 2.32. The van der Waals surface area contributed by atoms with E-state index in [4.69, 9.17) is 9.84 Å². The van der Waals surface area contributed by atoms with Crippen molar-refractivity contribution in [2.24, 2.45) is 0 Å². The van der Waals surface area contributed by atoms with Crippen LogP contribution >= 0.6 is 0 Å². The van der Waals surface area contributed by atoms with Gasteiger partial charge in [-0.1, -0.05) is 0 Å². The van der Waals surface area contributed by atoms with Gasteiger partial charge in [-0.25, -0.2) is 9.48 Å². The van der Waals surface area contributed by atoms with E-state index in [0.717, 1.165) is 36.5 Å². The SMILES string of the molecule is CC(C)(C)NC(=O)O[C@@H]1CC[C@H](c2cc(Nc3ccnnc3)n(C(C)(C)C)n2)C1. The number of hydrogen-bond donors (Lipinski definition) is 2. The molecular formula is C21H32N6O2. The molecule has 0 aliphatic heterocycles. The number of nitrogens with zero attached hydrogens (tertiary/aromatic N) is 4. The molecule has 3 rings (SSSR count). The molecule has 8 nitrogen and oxygen atoms in total. The van der Waals surface area contributed by atoms with Gasteiger partial charge in [0.05, 0.1) is 29.3 Å². The number of hydrogen-bond acceptors (Lipinski definition) is 6. The summed E-state index contributed by atoms with van der Waals surface area (Å²) >= 11 is 0. The average molecular weight is 401 g/mol. The maximum atomic E-state index is 12.1. The number of carbonyl (C=O) groups is 1. The van der Waals surface area contributed by atoms with Crippen molar-refractivity contribution in [3.05, 3.63) is 30.2 Å². The third kappa shape index (κ3) is 5.68. The molecule has 2 N–H and O–H groups in total. The first-order chi connectivity index (χ1) is 13.5. The third-order valence-corrected chi connectivity index (χ3v) is 4.77. The molecular weight excluding hydrogens is 368 g/mol. The predicted octanol–water partition coefficient (Wildman–Crippen LogP) is 4.33. The zero-order chi connectivity index (χ0) is 21.2. The molecule has 1 aliphatic carbocycles. The van der Waals surface area contributed by atoms with Crippen LogP contribution in [0.15, 0.2) is 24.5 Å². The van der Waals surface area contributed by atoms with Gasteiger partial charge in [0, 0.05) is 17.5 Å². The van der Waals surface area contributed by atoms with E-state index in [9.17, 15) is 4.79 Å². The summed E-state index contributed by atoms with van der Waals surface area (Å²) in [5.41, 5.74) is 1.40. The van der Waals surface area contributed by atoms with Gasteiger partial charge in [0.1, 0.15) is 11.9 Å². The highest BCUT2D eigenvalue weighted by molar-refractivity contribution is 5.68. The van der Waals surface area contributed by atoms with Crippen molar-refractivity contribution >= 4 is 17.6 Å². The van der Waals surface area contributed by atoms with Crippen LogP contribution in [0.1, 0.15) is 72.4 Å². The molecule has 2 heterocycles. The van der Waals surface area contributed by atoms with Gasteiger partial charge in [-0.2, -0.15) is 15.3 Å². The van der Waals surface area contributed by atoms with E-state index in [1.54, 1.807) is 12.4 Å². The lowest BCUT2D eigenvalue weighted by Crippen LogP contribution is -2.42. The molecule has 0 aromatic carbocycles. The average Bonchev–Trinajstić information content (AvgIpc) is 3.20. The number of nitrogens with one attached hydrogen (secondary N) is 2. The number of alkyl carbamates (subject to hydrolysis) is 1. The Morgan fingerprint density at radius 2 is 1.93 bits per heavy atom. The molecule has 0 unspecified atom stereocenters.